The summed E-state index contributed by atoms with van der Waals surface area (Å²) in [7, 11) is 1.62. The van der Waals surface area contributed by atoms with E-state index in [-0.39, 0.29) is 17.3 Å². The first-order valence-corrected chi connectivity index (χ1v) is 6.33. The molecule has 0 spiro atoms. The zero-order valence-electron chi connectivity index (χ0n) is 10.5. The highest BCUT2D eigenvalue weighted by Crippen LogP contribution is 2.50. The largest absolute Gasteiger partial charge is 0.496 e. The number of ether oxygens (including phenoxy) is 2. The average molecular weight is 251 g/mol. The summed E-state index contributed by atoms with van der Waals surface area (Å²) in [5.74, 6) is 1.01. The van der Waals surface area contributed by atoms with Gasteiger partial charge in [-0.1, -0.05) is 0 Å². The first-order chi connectivity index (χ1) is 8.65. The Hall–Kier alpha value is -1.13. The molecule has 1 saturated heterocycles. The van der Waals surface area contributed by atoms with E-state index >= 15 is 0 Å². The monoisotopic (exact) mass is 251 g/mol. The fraction of sp³-hybridized carbons (Fsp3) is 0.571. The van der Waals surface area contributed by atoms with Crippen LogP contribution in [-0.2, 0) is 10.2 Å². The Kier molecular flexibility index (Phi) is 2.79. The maximum atomic E-state index is 13.5. The summed E-state index contributed by atoms with van der Waals surface area (Å²) in [5.41, 5.74) is 6.72. The molecule has 1 saturated carbocycles. The van der Waals surface area contributed by atoms with Crippen molar-refractivity contribution in [1.82, 2.24) is 0 Å². The molecular formula is C14H18FNO2. The van der Waals surface area contributed by atoms with E-state index < -0.39 is 0 Å². The Balaban J connectivity index is 1.98. The van der Waals surface area contributed by atoms with Gasteiger partial charge in [0.15, 0.2) is 0 Å². The number of hydrogen-bond donors (Lipinski definition) is 1. The Morgan fingerprint density at radius 3 is 2.61 bits per heavy atom. The van der Waals surface area contributed by atoms with Gasteiger partial charge in [-0.05, 0) is 37.0 Å². The molecule has 2 aliphatic rings. The van der Waals surface area contributed by atoms with E-state index in [9.17, 15) is 4.39 Å². The number of rotatable bonds is 3. The number of benzene rings is 1. The highest BCUT2D eigenvalue weighted by atomic mass is 19.1. The topological polar surface area (TPSA) is 44.5 Å². The molecule has 3 rings (SSSR count). The molecule has 98 valence electrons. The second-order valence-corrected chi connectivity index (χ2v) is 5.42. The SMILES string of the molecule is COc1ccc(F)cc1C1(C2CC(N)C2)COC1. The molecule has 4 heteroatoms. The van der Waals surface area contributed by atoms with Crippen LogP contribution in [0.3, 0.4) is 0 Å². The molecule has 1 aliphatic carbocycles. The van der Waals surface area contributed by atoms with E-state index in [4.69, 9.17) is 15.2 Å². The lowest BCUT2D eigenvalue weighted by molar-refractivity contribution is -0.111. The van der Waals surface area contributed by atoms with Gasteiger partial charge in [-0.25, -0.2) is 4.39 Å². The average Bonchev–Trinajstić information content (AvgIpc) is 2.26. The first-order valence-electron chi connectivity index (χ1n) is 6.33. The zero-order valence-corrected chi connectivity index (χ0v) is 10.5. The summed E-state index contributed by atoms with van der Waals surface area (Å²) in [5, 5.41) is 0. The van der Waals surface area contributed by atoms with E-state index in [2.05, 4.69) is 0 Å². The van der Waals surface area contributed by atoms with Crippen LogP contribution < -0.4 is 10.5 Å². The Morgan fingerprint density at radius 2 is 2.11 bits per heavy atom. The minimum atomic E-state index is -0.222. The van der Waals surface area contributed by atoms with Crippen molar-refractivity contribution in [2.75, 3.05) is 20.3 Å². The van der Waals surface area contributed by atoms with Gasteiger partial charge in [-0.2, -0.15) is 0 Å². The van der Waals surface area contributed by atoms with Crippen LogP contribution in [0.15, 0.2) is 18.2 Å². The molecule has 2 fully saturated rings. The molecule has 0 bridgehead atoms. The van der Waals surface area contributed by atoms with Crippen LogP contribution in [0.2, 0.25) is 0 Å². The third-order valence-corrected chi connectivity index (χ3v) is 4.37. The lowest BCUT2D eigenvalue weighted by atomic mass is 9.59. The molecule has 1 aromatic carbocycles. The van der Waals surface area contributed by atoms with Crippen LogP contribution in [-0.4, -0.2) is 26.4 Å². The minimum absolute atomic E-state index is 0.0939. The van der Waals surface area contributed by atoms with Gasteiger partial charge in [0, 0.05) is 17.0 Å². The second kappa shape index (κ2) is 4.21. The molecule has 3 nitrogen and oxygen atoms in total. The Labute approximate surface area is 106 Å². The molecule has 0 aromatic heterocycles. The fourth-order valence-corrected chi connectivity index (χ4v) is 3.12. The summed E-state index contributed by atoms with van der Waals surface area (Å²) >= 11 is 0. The molecule has 0 atom stereocenters. The molecule has 0 amide bonds. The Bertz CT molecular complexity index is 453. The second-order valence-electron chi connectivity index (χ2n) is 5.42. The van der Waals surface area contributed by atoms with Gasteiger partial charge in [0.05, 0.1) is 20.3 Å². The van der Waals surface area contributed by atoms with Crippen molar-refractivity contribution in [3.63, 3.8) is 0 Å². The molecular weight excluding hydrogens is 233 g/mol. The number of halogens is 1. The summed E-state index contributed by atoms with van der Waals surface area (Å²) < 4.78 is 24.3. The summed E-state index contributed by atoms with van der Waals surface area (Å²) in [6.07, 6.45) is 1.98. The van der Waals surface area contributed by atoms with Crippen LogP contribution in [0, 0.1) is 11.7 Å². The van der Waals surface area contributed by atoms with Crippen LogP contribution in [0.1, 0.15) is 18.4 Å². The van der Waals surface area contributed by atoms with E-state index in [1.54, 1.807) is 19.2 Å². The van der Waals surface area contributed by atoms with Gasteiger partial charge >= 0.3 is 0 Å². The third-order valence-electron chi connectivity index (χ3n) is 4.37. The molecule has 1 aromatic rings. The highest BCUT2D eigenvalue weighted by molar-refractivity contribution is 5.43. The highest BCUT2D eigenvalue weighted by Gasteiger charge is 2.52. The van der Waals surface area contributed by atoms with Gasteiger partial charge in [0.2, 0.25) is 0 Å². The van der Waals surface area contributed by atoms with Crippen molar-refractivity contribution in [2.24, 2.45) is 11.7 Å². The van der Waals surface area contributed by atoms with Gasteiger partial charge in [0.1, 0.15) is 11.6 Å². The molecule has 18 heavy (non-hydrogen) atoms. The third kappa shape index (κ3) is 1.63. The van der Waals surface area contributed by atoms with E-state index in [1.165, 1.54) is 6.07 Å². The van der Waals surface area contributed by atoms with Crippen LogP contribution >= 0.6 is 0 Å². The number of hydrogen-bond acceptors (Lipinski definition) is 3. The quantitative estimate of drug-likeness (QED) is 0.891. The lowest BCUT2D eigenvalue weighted by Gasteiger charge is -2.53. The van der Waals surface area contributed by atoms with Crippen molar-refractivity contribution in [2.45, 2.75) is 24.3 Å². The van der Waals surface area contributed by atoms with Crippen LogP contribution in [0.25, 0.3) is 0 Å². The molecule has 1 aliphatic heterocycles. The molecule has 2 N–H and O–H groups in total. The number of methoxy groups -OCH3 is 1. The Morgan fingerprint density at radius 1 is 1.39 bits per heavy atom. The normalized spacial score (nSPS) is 29.3. The van der Waals surface area contributed by atoms with Crippen molar-refractivity contribution in [3.05, 3.63) is 29.6 Å². The summed E-state index contributed by atoms with van der Waals surface area (Å²) in [6, 6.07) is 5.00. The fourth-order valence-electron chi connectivity index (χ4n) is 3.12. The lowest BCUT2D eigenvalue weighted by Crippen LogP contribution is -2.58. The van der Waals surface area contributed by atoms with Crippen molar-refractivity contribution in [1.29, 1.82) is 0 Å². The van der Waals surface area contributed by atoms with Gasteiger partial charge in [-0.15, -0.1) is 0 Å². The van der Waals surface area contributed by atoms with Crippen molar-refractivity contribution in [3.8, 4) is 5.75 Å². The molecule has 0 radical (unpaired) electrons. The van der Waals surface area contributed by atoms with Gasteiger partial charge in [0.25, 0.3) is 0 Å². The van der Waals surface area contributed by atoms with Crippen molar-refractivity contribution < 1.29 is 13.9 Å². The maximum absolute atomic E-state index is 13.5. The molecule has 1 heterocycles. The smallest absolute Gasteiger partial charge is 0.123 e. The number of nitrogens with two attached hydrogens (primary N) is 1. The summed E-state index contributed by atoms with van der Waals surface area (Å²) in [6.45, 7) is 1.29. The standard InChI is InChI=1S/C14H18FNO2/c1-17-13-3-2-10(15)6-12(13)14(7-18-8-14)9-4-11(16)5-9/h2-3,6,9,11H,4-5,7-8,16H2,1H3. The predicted octanol–water partition coefficient (Wildman–Crippen LogP) is 1.84. The summed E-state index contributed by atoms with van der Waals surface area (Å²) in [4.78, 5) is 0. The first kappa shape index (κ1) is 11.9. The maximum Gasteiger partial charge on any atom is 0.123 e. The van der Waals surface area contributed by atoms with Crippen LogP contribution in [0.5, 0.6) is 5.75 Å². The van der Waals surface area contributed by atoms with E-state index in [0.717, 1.165) is 24.2 Å². The minimum Gasteiger partial charge on any atom is -0.496 e. The van der Waals surface area contributed by atoms with E-state index in [0.29, 0.717) is 19.1 Å². The molecule has 0 unspecified atom stereocenters. The predicted molar refractivity (Wildman–Crippen MR) is 66.1 cm³/mol. The van der Waals surface area contributed by atoms with Gasteiger partial charge in [-0.3, -0.25) is 0 Å². The van der Waals surface area contributed by atoms with Crippen LogP contribution in [0.4, 0.5) is 4.39 Å². The van der Waals surface area contributed by atoms with E-state index in [1.807, 2.05) is 0 Å². The van der Waals surface area contributed by atoms with Crippen molar-refractivity contribution >= 4 is 0 Å². The van der Waals surface area contributed by atoms with Gasteiger partial charge < -0.3 is 15.2 Å². The zero-order chi connectivity index (χ0) is 12.8.